The van der Waals surface area contributed by atoms with Crippen molar-refractivity contribution in [2.24, 2.45) is 0 Å². The second kappa shape index (κ2) is 4.21. The molecule has 0 aliphatic carbocycles. The summed E-state index contributed by atoms with van der Waals surface area (Å²) in [6, 6.07) is -0.190. The molecule has 0 aromatic carbocycles. The third-order valence-electron chi connectivity index (χ3n) is 2.00. The van der Waals surface area contributed by atoms with Crippen molar-refractivity contribution in [2.75, 3.05) is 26.3 Å². The Hall–Kier alpha value is -1.40. The van der Waals surface area contributed by atoms with Gasteiger partial charge < -0.3 is 4.74 Å². The number of ether oxygens (including phenoxy) is 1. The Bertz CT molecular complexity index is 292. The number of hydrogen-bond acceptors (Lipinski definition) is 4. The van der Waals surface area contributed by atoms with E-state index in [0.29, 0.717) is 13.2 Å². The highest BCUT2D eigenvalue weighted by Gasteiger charge is 2.13. The molecule has 2 heterocycles. The molecule has 0 saturated carbocycles. The lowest BCUT2D eigenvalue weighted by Gasteiger charge is -2.26. The van der Waals surface area contributed by atoms with Crippen LogP contribution in [0.4, 0.5) is 4.79 Å². The summed E-state index contributed by atoms with van der Waals surface area (Å²) >= 11 is 0. The predicted molar refractivity (Wildman–Crippen MR) is 48.5 cm³/mol. The highest BCUT2D eigenvalue weighted by molar-refractivity contribution is 5.75. The maximum absolute atomic E-state index is 11.5. The van der Waals surface area contributed by atoms with Crippen molar-refractivity contribution >= 4 is 6.03 Å². The zero-order chi connectivity index (χ0) is 9.80. The second-order valence-corrected chi connectivity index (χ2v) is 2.99. The van der Waals surface area contributed by atoms with Gasteiger partial charge in [0.25, 0.3) is 0 Å². The van der Waals surface area contributed by atoms with Crippen LogP contribution in [-0.2, 0) is 4.74 Å². The van der Waals surface area contributed by atoms with E-state index in [2.05, 4.69) is 10.4 Å². The first-order valence-corrected chi connectivity index (χ1v) is 4.48. The average molecular weight is 196 g/mol. The summed E-state index contributed by atoms with van der Waals surface area (Å²) < 4.78 is 6.56. The molecule has 0 unspecified atom stereocenters. The van der Waals surface area contributed by atoms with Gasteiger partial charge in [-0.3, -0.25) is 9.99 Å². The Labute approximate surface area is 81.4 Å². The van der Waals surface area contributed by atoms with Gasteiger partial charge in [0.1, 0.15) is 6.33 Å². The Balaban J connectivity index is 1.87. The number of morpholine rings is 1. The maximum Gasteiger partial charge on any atom is 0.341 e. The first-order valence-electron chi connectivity index (χ1n) is 4.48. The third kappa shape index (κ3) is 2.09. The minimum atomic E-state index is -0.190. The van der Waals surface area contributed by atoms with Crippen LogP contribution in [0.5, 0.6) is 0 Å². The van der Waals surface area contributed by atoms with E-state index in [-0.39, 0.29) is 6.03 Å². The van der Waals surface area contributed by atoms with Crippen molar-refractivity contribution in [3.8, 4) is 0 Å². The molecule has 1 fully saturated rings. The largest absolute Gasteiger partial charge is 0.379 e. The van der Waals surface area contributed by atoms with E-state index in [1.165, 1.54) is 10.9 Å². The molecule has 0 atom stereocenters. The van der Waals surface area contributed by atoms with Crippen LogP contribution < -0.4 is 5.43 Å². The fourth-order valence-electron chi connectivity index (χ4n) is 1.25. The smallest absolute Gasteiger partial charge is 0.341 e. The van der Waals surface area contributed by atoms with Crippen molar-refractivity contribution in [3.05, 3.63) is 18.7 Å². The normalized spacial score (nSPS) is 18.0. The minimum Gasteiger partial charge on any atom is -0.379 e. The Kier molecular flexibility index (Phi) is 2.76. The van der Waals surface area contributed by atoms with Crippen molar-refractivity contribution < 1.29 is 9.53 Å². The van der Waals surface area contributed by atoms with Crippen molar-refractivity contribution in [1.29, 1.82) is 0 Å². The number of hydrogen-bond donors (Lipinski definition) is 1. The van der Waals surface area contributed by atoms with Crippen LogP contribution >= 0.6 is 0 Å². The van der Waals surface area contributed by atoms with Gasteiger partial charge in [-0.25, -0.2) is 14.8 Å². The van der Waals surface area contributed by atoms with Gasteiger partial charge in [-0.15, -0.1) is 0 Å². The first kappa shape index (κ1) is 9.17. The molecule has 6 heteroatoms. The van der Waals surface area contributed by atoms with Crippen molar-refractivity contribution in [1.82, 2.24) is 20.0 Å². The molecule has 1 aliphatic rings. The van der Waals surface area contributed by atoms with Crippen LogP contribution in [0.15, 0.2) is 18.7 Å². The van der Waals surface area contributed by atoms with Gasteiger partial charge in [0, 0.05) is 25.5 Å². The molecule has 1 aliphatic heterocycles. The van der Waals surface area contributed by atoms with Gasteiger partial charge >= 0.3 is 6.03 Å². The highest BCUT2D eigenvalue weighted by atomic mass is 16.5. The molecule has 6 nitrogen and oxygen atoms in total. The van der Waals surface area contributed by atoms with E-state index in [4.69, 9.17) is 4.74 Å². The number of rotatable bonds is 1. The van der Waals surface area contributed by atoms with E-state index in [9.17, 15) is 4.79 Å². The summed E-state index contributed by atoms with van der Waals surface area (Å²) in [4.78, 5) is 15.3. The monoisotopic (exact) mass is 196 g/mol. The van der Waals surface area contributed by atoms with Gasteiger partial charge in [0.2, 0.25) is 0 Å². The van der Waals surface area contributed by atoms with Crippen molar-refractivity contribution in [3.63, 3.8) is 0 Å². The van der Waals surface area contributed by atoms with E-state index >= 15 is 0 Å². The fourth-order valence-corrected chi connectivity index (χ4v) is 1.25. The standard InChI is InChI=1S/C8H12N4O2/c13-8(11-2-1-9-7-11)10-12-3-5-14-6-4-12/h1-2,7H,3-6H2,(H,10,13). The Morgan fingerprint density at radius 1 is 1.43 bits per heavy atom. The van der Waals surface area contributed by atoms with Gasteiger partial charge in [-0.1, -0.05) is 0 Å². The molecule has 1 aromatic heterocycles. The molecule has 1 saturated heterocycles. The van der Waals surface area contributed by atoms with Gasteiger partial charge in [-0.2, -0.15) is 0 Å². The topological polar surface area (TPSA) is 59.4 Å². The van der Waals surface area contributed by atoms with Crippen molar-refractivity contribution in [2.45, 2.75) is 0 Å². The number of aromatic nitrogens is 2. The lowest BCUT2D eigenvalue weighted by atomic mass is 10.5. The number of nitrogens with one attached hydrogen (secondary N) is 1. The molecular formula is C8H12N4O2. The average Bonchev–Trinajstić information content (AvgIpc) is 2.72. The lowest BCUT2D eigenvalue weighted by molar-refractivity contribution is 0.0196. The molecule has 2 rings (SSSR count). The molecule has 0 radical (unpaired) electrons. The quantitative estimate of drug-likeness (QED) is 0.669. The van der Waals surface area contributed by atoms with Gasteiger partial charge in [0.15, 0.2) is 0 Å². The summed E-state index contributed by atoms with van der Waals surface area (Å²) in [5.74, 6) is 0. The van der Waals surface area contributed by atoms with E-state index in [0.717, 1.165) is 13.1 Å². The van der Waals surface area contributed by atoms with Gasteiger partial charge in [0.05, 0.1) is 13.2 Å². The zero-order valence-corrected chi connectivity index (χ0v) is 7.72. The highest BCUT2D eigenvalue weighted by Crippen LogP contribution is 1.93. The molecule has 1 amide bonds. The minimum absolute atomic E-state index is 0.190. The van der Waals surface area contributed by atoms with Crippen LogP contribution in [0.25, 0.3) is 0 Å². The molecule has 1 N–H and O–H groups in total. The number of imidazole rings is 1. The third-order valence-corrected chi connectivity index (χ3v) is 2.00. The Morgan fingerprint density at radius 2 is 2.21 bits per heavy atom. The molecular weight excluding hydrogens is 184 g/mol. The van der Waals surface area contributed by atoms with E-state index < -0.39 is 0 Å². The summed E-state index contributed by atoms with van der Waals surface area (Å²) in [6.45, 7) is 2.76. The van der Waals surface area contributed by atoms with E-state index in [1.54, 1.807) is 12.4 Å². The number of nitrogens with zero attached hydrogens (tertiary/aromatic N) is 3. The molecule has 14 heavy (non-hydrogen) atoms. The SMILES string of the molecule is O=C(NN1CCOCC1)n1ccnc1. The zero-order valence-electron chi connectivity index (χ0n) is 7.72. The molecule has 76 valence electrons. The van der Waals surface area contributed by atoms with Crippen LogP contribution in [0.3, 0.4) is 0 Å². The molecule has 0 spiro atoms. The number of amides is 1. The molecule has 0 bridgehead atoms. The Morgan fingerprint density at radius 3 is 2.86 bits per heavy atom. The van der Waals surface area contributed by atoms with E-state index in [1.807, 2.05) is 5.01 Å². The summed E-state index contributed by atoms with van der Waals surface area (Å²) in [5, 5.41) is 1.84. The maximum atomic E-state index is 11.5. The number of carbonyl (C=O) groups excluding carboxylic acids is 1. The van der Waals surface area contributed by atoms with Crippen LogP contribution in [0.2, 0.25) is 0 Å². The number of carbonyl (C=O) groups is 1. The number of hydrazine groups is 1. The molecule has 1 aromatic rings. The van der Waals surface area contributed by atoms with Crippen LogP contribution in [0.1, 0.15) is 0 Å². The summed E-state index contributed by atoms with van der Waals surface area (Å²) in [5.41, 5.74) is 2.76. The van der Waals surface area contributed by atoms with Crippen LogP contribution in [-0.4, -0.2) is 46.9 Å². The first-order chi connectivity index (χ1) is 6.86. The second-order valence-electron chi connectivity index (χ2n) is 2.99. The van der Waals surface area contributed by atoms with Crippen LogP contribution in [0, 0.1) is 0 Å². The van der Waals surface area contributed by atoms with Gasteiger partial charge in [-0.05, 0) is 0 Å². The lowest BCUT2D eigenvalue weighted by Crippen LogP contribution is -2.49. The fraction of sp³-hybridized carbons (Fsp3) is 0.500. The predicted octanol–water partition coefficient (Wildman–Crippen LogP) is -0.312. The summed E-state index contributed by atoms with van der Waals surface area (Å²) in [6.07, 6.45) is 4.64. The summed E-state index contributed by atoms with van der Waals surface area (Å²) in [7, 11) is 0.